The highest BCUT2D eigenvalue weighted by molar-refractivity contribution is 6.09. The summed E-state index contributed by atoms with van der Waals surface area (Å²) < 4.78 is 5.89. The zero-order valence-corrected chi connectivity index (χ0v) is 20.4. The average Bonchev–Trinajstić information content (AvgIpc) is 2.88. The molecule has 0 spiro atoms. The molecule has 3 heteroatoms. The number of benzene rings is 4. The van der Waals surface area contributed by atoms with Crippen LogP contribution >= 0.6 is 0 Å². The van der Waals surface area contributed by atoms with Gasteiger partial charge in [-0.05, 0) is 78.1 Å². The van der Waals surface area contributed by atoms with E-state index in [4.69, 9.17) is 9.72 Å². The van der Waals surface area contributed by atoms with Gasteiger partial charge in [0.15, 0.2) is 0 Å². The van der Waals surface area contributed by atoms with Crippen molar-refractivity contribution < 1.29 is 4.74 Å². The third-order valence-electron chi connectivity index (χ3n) is 6.90. The Hall–Kier alpha value is -3.69. The number of ether oxygens (including phenoxy) is 1. The zero-order valence-electron chi connectivity index (χ0n) is 20.4. The Kier molecular flexibility index (Phi) is 5.71. The number of aromatic nitrogens is 1. The van der Waals surface area contributed by atoms with E-state index in [1.807, 2.05) is 0 Å². The van der Waals surface area contributed by atoms with E-state index < -0.39 is 0 Å². The van der Waals surface area contributed by atoms with Crippen molar-refractivity contribution in [3.8, 4) is 17.0 Å². The zero-order chi connectivity index (χ0) is 23.8. The maximum Gasteiger partial charge on any atom is 0.119 e. The largest absolute Gasteiger partial charge is 0.491 e. The Morgan fingerprint density at radius 2 is 1.60 bits per heavy atom. The van der Waals surface area contributed by atoms with Gasteiger partial charge in [0.05, 0.1) is 17.3 Å². The van der Waals surface area contributed by atoms with Crippen LogP contribution in [-0.2, 0) is 19.5 Å². The molecule has 0 bridgehead atoms. The van der Waals surface area contributed by atoms with Gasteiger partial charge in [-0.1, -0.05) is 60.7 Å². The van der Waals surface area contributed by atoms with Crippen LogP contribution in [0.4, 0.5) is 0 Å². The topological polar surface area (TPSA) is 25.4 Å². The average molecular weight is 459 g/mol. The SMILES string of the molecule is CC(C)Oc1ccc(-c2nc3ccc4ccccc4c3c3c2CN(Cc2ccccc2)CC3)cc1. The number of nitrogens with zero attached hydrogens (tertiary/aromatic N) is 2. The highest BCUT2D eigenvalue weighted by Crippen LogP contribution is 2.38. The van der Waals surface area contributed by atoms with Crippen LogP contribution in [-0.4, -0.2) is 22.5 Å². The maximum absolute atomic E-state index is 5.89. The Morgan fingerprint density at radius 3 is 2.40 bits per heavy atom. The molecule has 1 aliphatic heterocycles. The number of fused-ring (bicyclic) bond motifs is 5. The molecule has 174 valence electrons. The van der Waals surface area contributed by atoms with Crippen molar-refractivity contribution in [3.63, 3.8) is 0 Å². The number of hydrogen-bond donors (Lipinski definition) is 0. The van der Waals surface area contributed by atoms with E-state index in [1.165, 1.54) is 32.8 Å². The first-order valence-corrected chi connectivity index (χ1v) is 12.5. The van der Waals surface area contributed by atoms with Crippen molar-refractivity contribution in [2.75, 3.05) is 6.54 Å². The summed E-state index contributed by atoms with van der Waals surface area (Å²) in [7, 11) is 0. The van der Waals surface area contributed by atoms with Crippen LogP contribution in [0.3, 0.4) is 0 Å². The van der Waals surface area contributed by atoms with Crippen molar-refractivity contribution in [3.05, 3.63) is 108 Å². The molecule has 0 radical (unpaired) electrons. The molecule has 1 aliphatic rings. The lowest BCUT2D eigenvalue weighted by Crippen LogP contribution is -2.31. The first-order chi connectivity index (χ1) is 17.2. The molecular weight excluding hydrogens is 428 g/mol. The van der Waals surface area contributed by atoms with Gasteiger partial charge >= 0.3 is 0 Å². The third-order valence-corrected chi connectivity index (χ3v) is 6.90. The molecule has 0 saturated heterocycles. The summed E-state index contributed by atoms with van der Waals surface area (Å²) >= 11 is 0. The minimum Gasteiger partial charge on any atom is -0.491 e. The highest BCUT2D eigenvalue weighted by atomic mass is 16.5. The Bertz CT molecular complexity index is 1490. The molecular formula is C32H30N2O. The number of hydrogen-bond acceptors (Lipinski definition) is 3. The normalized spacial score (nSPS) is 13.9. The minimum absolute atomic E-state index is 0.159. The van der Waals surface area contributed by atoms with Crippen molar-refractivity contribution in [2.45, 2.75) is 39.5 Å². The van der Waals surface area contributed by atoms with Gasteiger partial charge in [-0.2, -0.15) is 0 Å². The molecule has 5 aromatic rings. The molecule has 35 heavy (non-hydrogen) atoms. The van der Waals surface area contributed by atoms with E-state index in [0.717, 1.165) is 48.6 Å². The Labute approximate surface area is 207 Å². The molecule has 0 amide bonds. The van der Waals surface area contributed by atoms with Gasteiger partial charge in [0.2, 0.25) is 0 Å². The molecule has 3 nitrogen and oxygen atoms in total. The summed E-state index contributed by atoms with van der Waals surface area (Å²) in [6.07, 6.45) is 1.18. The fourth-order valence-electron chi connectivity index (χ4n) is 5.35. The van der Waals surface area contributed by atoms with E-state index in [1.54, 1.807) is 0 Å². The molecule has 0 atom stereocenters. The summed E-state index contributed by atoms with van der Waals surface area (Å²) in [6, 6.07) is 32.3. The van der Waals surface area contributed by atoms with Gasteiger partial charge < -0.3 is 4.74 Å². The van der Waals surface area contributed by atoms with E-state index in [9.17, 15) is 0 Å². The van der Waals surface area contributed by atoms with Crippen LogP contribution < -0.4 is 4.74 Å². The summed E-state index contributed by atoms with van der Waals surface area (Å²) in [4.78, 5) is 7.83. The second kappa shape index (κ2) is 9.16. The van der Waals surface area contributed by atoms with Crippen LogP contribution in [0.2, 0.25) is 0 Å². The van der Waals surface area contributed by atoms with E-state index in [-0.39, 0.29) is 6.10 Å². The smallest absolute Gasteiger partial charge is 0.119 e. The molecule has 4 aromatic carbocycles. The minimum atomic E-state index is 0.159. The molecule has 0 fully saturated rings. The van der Waals surface area contributed by atoms with Crippen molar-refractivity contribution >= 4 is 21.7 Å². The van der Waals surface area contributed by atoms with Gasteiger partial charge in [-0.3, -0.25) is 4.90 Å². The standard InChI is InChI=1S/C32H30N2O/c1-22(2)35-26-15-12-25(13-16-26)32-29-21-34(20-23-8-4-3-5-9-23)19-18-28(29)31-27-11-7-6-10-24(27)14-17-30(31)33-32/h3-17,22H,18-21H2,1-2H3. The molecule has 1 aromatic heterocycles. The predicted octanol–water partition coefficient (Wildman–Crippen LogP) is 7.40. The summed E-state index contributed by atoms with van der Waals surface area (Å²) in [5.41, 5.74) is 7.48. The van der Waals surface area contributed by atoms with Gasteiger partial charge in [0.25, 0.3) is 0 Å². The van der Waals surface area contributed by atoms with Gasteiger partial charge in [-0.15, -0.1) is 0 Å². The monoisotopic (exact) mass is 458 g/mol. The van der Waals surface area contributed by atoms with E-state index in [2.05, 4.69) is 110 Å². The first-order valence-electron chi connectivity index (χ1n) is 12.5. The second-order valence-corrected chi connectivity index (χ2v) is 9.74. The Balaban J connectivity index is 1.49. The lowest BCUT2D eigenvalue weighted by atomic mass is 9.89. The number of pyridine rings is 1. The van der Waals surface area contributed by atoms with E-state index in [0.29, 0.717) is 0 Å². The van der Waals surface area contributed by atoms with Gasteiger partial charge in [-0.25, -0.2) is 4.98 Å². The van der Waals surface area contributed by atoms with Crippen LogP contribution in [0.15, 0.2) is 91.0 Å². The van der Waals surface area contributed by atoms with Gasteiger partial charge in [0.1, 0.15) is 5.75 Å². The van der Waals surface area contributed by atoms with Crippen LogP contribution in [0.5, 0.6) is 5.75 Å². The fraction of sp³-hybridized carbons (Fsp3) is 0.219. The first kappa shape index (κ1) is 21.8. The predicted molar refractivity (Wildman–Crippen MR) is 145 cm³/mol. The van der Waals surface area contributed by atoms with Crippen LogP contribution in [0.1, 0.15) is 30.5 Å². The summed E-state index contributed by atoms with van der Waals surface area (Å²) in [6.45, 7) is 7.01. The van der Waals surface area contributed by atoms with Crippen molar-refractivity contribution in [2.24, 2.45) is 0 Å². The summed E-state index contributed by atoms with van der Waals surface area (Å²) in [5, 5.41) is 3.90. The number of rotatable bonds is 5. The molecule has 0 aliphatic carbocycles. The second-order valence-electron chi connectivity index (χ2n) is 9.74. The lowest BCUT2D eigenvalue weighted by Gasteiger charge is -2.31. The quantitative estimate of drug-likeness (QED) is 0.257. The van der Waals surface area contributed by atoms with Crippen molar-refractivity contribution in [1.29, 1.82) is 0 Å². The van der Waals surface area contributed by atoms with Crippen LogP contribution in [0, 0.1) is 0 Å². The Morgan fingerprint density at radius 1 is 0.829 bits per heavy atom. The highest BCUT2D eigenvalue weighted by Gasteiger charge is 2.24. The van der Waals surface area contributed by atoms with Crippen LogP contribution in [0.25, 0.3) is 32.9 Å². The molecule has 2 heterocycles. The maximum atomic E-state index is 5.89. The molecule has 0 unspecified atom stereocenters. The molecule has 0 saturated carbocycles. The molecule has 0 N–H and O–H groups in total. The summed E-state index contributed by atoms with van der Waals surface area (Å²) in [5.74, 6) is 0.898. The van der Waals surface area contributed by atoms with Gasteiger partial charge in [0, 0.05) is 30.6 Å². The third kappa shape index (κ3) is 4.28. The molecule has 6 rings (SSSR count). The van der Waals surface area contributed by atoms with Crippen molar-refractivity contribution in [1.82, 2.24) is 9.88 Å². The fourth-order valence-corrected chi connectivity index (χ4v) is 5.35. The van der Waals surface area contributed by atoms with E-state index >= 15 is 0 Å². The lowest BCUT2D eigenvalue weighted by molar-refractivity contribution is 0.242.